The number of para-hydroxylation sites is 3. The van der Waals surface area contributed by atoms with Crippen molar-refractivity contribution >= 4 is 43.7 Å². The number of nitrogens with zero attached hydrogens (tertiary/aromatic N) is 1. The van der Waals surface area contributed by atoms with E-state index in [1.54, 1.807) is 0 Å². The summed E-state index contributed by atoms with van der Waals surface area (Å²) >= 11 is 0. The molecule has 2 heterocycles. The average molecular weight is 638 g/mol. The van der Waals surface area contributed by atoms with Gasteiger partial charge in [-0.15, -0.1) is 0 Å². The molecule has 2 aromatic heterocycles. The molecule has 2 heteroatoms. The maximum absolute atomic E-state index is 6.44. The molecule has 0 aliphatic heterocycles. The van der Waals surface area contributed by atoms with E-state index in [0.717, 1.165) is 38.8 Å². The lowest BCUT2D eigenvalue weighted by Crippen LogP contribution is -1.95. The predicted octanol–water partition coefficient (Wildman–Crippen LogP) is 13.4. The van der Waals surface area contributed by atoms with E-state index in [9.17, 15) is 0 Å². The highest BCUT2D eigenvalue weighted by Crippen LogP contribution is 2.41. The fourth-order valence-electron chi connectivity index (χ4n) is 7.61. The molecule has 8 aromatic carbocycles. The lowest BCUT2D eigenvalue weighted by atomic mass is 9.93. The highest BCUT2D eigenvalue weighted by atomic mass is 16.3. The van der Waals surface area contributed by atoms with Crippen LogP contribution in [-0.2, 0) is 0 Å². The van der Waals surface area contributed by atoms with Crippen molar-refractivity contribution in [2.45, 2.75) is 0 Å². The van der Waals surface area contributed by atoms with E-state index < -0.39 is 0 Å². The molecule has 0 atom stereocenters. The molecule has 0 unspecified atom stereocenters. The summed E-state index contributed by atoms with van der Waals surface area (Å²) in [5, 5.41) is 4.72. The van der Waals surface area contributed by atoms with Gasteiger partial charge in [-0.25, -0.2) is 0 Å². The molecule has 0 bridgehead atoms. The summed E-state index contributed by atoms with van der Waals surface area (Å²) < 4.78 is 8.85. The molecule has 0 saturated heterocycles. The first kappa shape index (κ1) is 28.4. The molecule has 10 rings (SSSR count). The minimum absolute atomic E-state index is 0.889. The second-order valence-electron chi connectivity index (χ2n) is 12.9. The second kappa shape index (κ2) is 11.5. The van der Waals surface area contributed by atoms with Crippen LogP contribution in [0.1, 0.15) is 0 Å². The average Bonchev–Trinajstić information content (AvgIpc) is 3.74. The Morgan fingerprint density at radius 3 is 1.50 bits per heavy atom. The number of benzene rings is 8. The lowest BCUT2D eigenvalue weighted by molar-refractivity contribution is 0.669. The van der Waals surface area contributed by atoms with Gasteiger partial charge >= 0.3 is 0 Å². The van der Waals surface area contributed by atoms with Crippen molar-refractivity contribution in [3.63, 3.8) is 0 Å². The second-order valence-corrected chi connectivity index (χ2v) is 12.9. The van der Waals surface area contributed by atoms with Gasteiger partial charge in [0, 0.05) is 32.8 Å². The Kier molecular flexibility index (Phi) is 6.53. The zero-order valence-corrected chi connectivity index (χ0v) is 27.3. The quantitative estimate of drug-likeness (QED) is 0.184. The molecule has 234 valence electrons. The molecule has 0 aliphatic rings. The standard InChI is InChI=1S/C48H31NO/c1-4-13-32(14-5-1)36-27-37(33-15-6-2-7-16-33)29-38(28-36)34-23-25-46-43(30-34)44-31-35(24-26-47(44)50-46)40-20-12-21-42-41-19-10-11-22-45(41)49(48(40)42)39-17-8-3-9-18-39/h1-31H. The molecule has 0 spiro atoms. The van der Waals surface area contributed by atoms with E-state index in [2.05, 4.69) is 193 Å². The Hall–Kier alpha value is -6.64. The van der Waals surface area contributed by atoms with Crippen LogP contribution in [0.3, 0.4) is 0 Å². The minimum atomic E-state index is 0.889. The van der Waals surface area contributed by atoms with Crippen LogP contribution in [0.25, 0.3) is 93.9 Å². The van der Waals surface area contributed by atoms with Crippen molar-refractivity contribution < 1.29 is 4.42 Å². The van der Waals surface area contributed by atoms with Gasteiger partial charge in [-0.3, -0.25) is 0 Å². The largest absolute Gasteiger partial charge is 0.456 e. The Balaban J connectivity index is 1.17. The molecule has 0 aliphatic carbocycles. The van der Waals surface area contributed by atoms with Gasteiger partial charge in [-0.05, 0) is 99.6 Å². The maximum Gasteiger partial charge on any atom is 0.135 e. The molecule has 0 amide bonds. The van der Waals surface area contributed by atoms with E-state index in [1.807, 2.05) is 0 Å². The number of rotatable bonds is 5. The Morgan fingerprint density at radius 1 is 0.320 bits per heavy atom. The van der Waals surface area contributed by atoms with Crippen LogP contribution >= 0.6 is 0 Å². The fraction of sp³-hybridized carbons (Fsp3) is 0. The zero-order chi connectivity index (χ0) is 33.0. The van der Waals surface area contributed by atoms with E-state index in [1.165, 1.54) is 55.2 Å². The topological polar surface area (TPSA) is 18.1 Å². The van der Waals surface area contributed by atoms with Gasteiger partial charge in [0.15, 0.2) is 0 Å². The summed E-state index contributed by atoms with van der Waals surface area (Å²) in [6.45, 7) is 0. The molecule has 0 N–H and O–H groups in total. The predicted molar refractivity (Wildman–Crippen MR) is 210 cm³/mol. The highest BCUT2D eigenvalue weighted by molar-refractivity contribution is 6.15. The molecule has 50 heavy (non-hydrogen) atoms. The monoisotopic (exact) mass is 637 g/mol. The van der Waals surface area contributed by atoms with Crippen LogP contribution < -0.4 is 0 Å². The number of hydrogen-bond donors (Lipinski definition) is 0. The van der Waals surface area contributed by atoms with Gasteiger partial charge in [0.1, 0.15) is 11.2 Å². The van der Waals surface area contributed by atoms with Crippen molar-refractivity contribution in [3.8, 4) is 50.2 Å². The van der Waals surface area contributed by atoms with Gasteiger partial charge in [0.25, 0.3) is 0 Å². The van der Waals surface area contributed by atoms with Crippen LogP contribution in [0.4, 0.5) is 0 Å². The molecule has 0 radical (unpaired) electrons. The molecule has 2 nitrogen and oxygen atoms in total. The molecule has 0 fully saturated rings. The summed E-state index contributed by atoms with van der Waals surface area (Å²) in [5.74, 6) is 0. The van der Waals surface area contributed by atoms with Crippen molar-refractivity contribution in [1.29, 1.82) is 0 Å². The van der Waals surface area contributed by atoms with Gasteiger partial charge in [-0.2, -0.15) is 0 Å². The summed E-state index contributed by atoms with van der Waals surface area (Å²) in [7, 11) is 0. The smallest absolute Gasteiger partial charge is 0.135 e. The van der Waals surface area contributed by atoms with Crippen LogP contribution in [0.5, 0.6) is 0 Å². The normalized spacial score (nSPS) is 11.6. The maximum atomic E-state index is 6.44. The summed E-state index contributed by atoms with van der Waals surface area (Å²) in [6, 6.07) is 67.4. The Bertz CT molecular complexity index is 2790. The van der Waals surface area contributed by atoms with E-state index in [0.29, 0.717) is 0 Å². The van der Waals surface area contributed by atoms with Crippen molar-refractivity contribution in [1.82, 2.24) is 4.57 Å². The van der Waals surface area contributed by atoms with E-state index in [-0.39, 0.29) is 0 Å². The molecular formula is C48H31NO. The first-order chi connectivity index (χ1) is 24.8. The number of furan rings is 1. The third-order valence-electron chi connectivity index (χ3n) is 9.97. The molecular weight excluding hydrogens is 607 g/mol. The third-order valence-corrected chi connectivity index (χ3v) is 9.97. The fourth-order valence-corrected chi connectivity index (χ4v) is 7.61. The zero-order valence-electron chi connectivity index (χ0n) is 27.3. The van der Waals surface area contributed by atoms with Crippen LogP contribution in [0.2, 0.25) is 0 Å². The van der Waals surface area contributed by atoms with Crippen molar-refractivity contribution in [2.24, 2.45) is 0 Å². The summed E-state index contributed by atoms with van der Waals surface area (Å²) in [6.07, 6.45) is 0. The number of fused-ring (bicyclic) bond motifs is 6. The minimum Gasteiger partial charge on any atom is -0.456 e. The Labute approximate surface area is 290 Å². The van der Waals surface area contributed by atoms with Gasteiger partial charge in [0.2, 0.25) is 0 Å². The van der Waals surface area contributed by atoms with Gasteiger partial charge < -0.3 is 8.98 Å². The first-order valence-electron chi connectivity index (χ1n) is 17.1. The summed E-state index contributed by atoms with van der Waals surface area (Å²) in [5.41, 5.74) is 14.8. The van der Waals surface area contributed by atoms with Gasteiger partial charge in [-0.1, -0.05) is 127 Å². The van der Waals surface area contributed by atoms with E-state index in [4.69, 9.17) is 4.42 Å². The highest BCUT2D eigenvalue weighted by Gasteiger charge is 2.18. The van der Waals surface area contributed by atoms with Gasteiger partial charge in [0.05, 0.1) is 11.0 Å². The third kappa shape index (κ3) is 4.65. The first-order valence-corrected chi connectivity index (χ1v) is 17.1. The number of aromatic nitrogens is 1. The van der Waals surface area contributed by atoms with Crippen molar-refractivity contribution in [3.05, 3.63) is 188 Å². The van der Waals surface area contributed by atoms with Crippen LogP contribution in [-0.4, -0.2) is 4.57 Å². The van der Waals surface area contributed by atoms with E-state index >= 15 is 0 Å². The number of hydrogen-bond acceptors (Lipinski definition) is 1. The SMILES string of the molecule is c1ccc(-c2cc(-c3ccccc3)cc(-c3ccc4oc5ccc(-c6cccc7c8ccccc8n(-c8ccccc8)c67)cc5c4c3)c2)cc1. The lowest BCUT2D eigenvalue weighted by Gasteiger charge is -2.12. The Morgan fingerprint density at radius 2 is 0.840 bits per heavy atom. The molecule has 10 aromatic rings. The molecule has 0 saturated carbocycles. The van der Waals surface area contributed by atoms with Crippen molar-refractivity contribution in [2.75, 3.05) is 0 Å². The van der Waals surface area contributed by atoms with Crippen LogP contribution in [0.15, 0.2) is 192 Å². The van der Waals surface area contributed by atoms with Crippen LogP contribution in [0, 0.1) is 0 Å². The summed E-state index contributed by atoms with van der Waals surface area (Å²) in [4.78, 5) is 0.